The van der Waals surface area contributed by atoms with Crippen LogP contribution in [0.5, 0.6) is 0 Å². The highest BCUT2D eigenvalue weighted by atomic mass is 32.2. The summed E-state index contributed by atoms with van der Waals surface area (Å²) < 4.78 is 25.8. The summed E-state index contributed by atoms with van der Waals surface area (Å²) in [6, 6.07) is -0.0749. The van der Waals surface area contributed by atoms with Gasteiger partial charge in [-0.15, -0.1) is 0 Å². The number of carbonyl (C=O) groups excluding carboxylic acids is 2. The van der Waals surface area contributed by atoms with Crippen LogP contribution in [-0.2, 0) is 19.6 Å². The molecule has 8 heteroatoms. The Balaban J connectivity index is 1.71. The van der Waals surface area contributed by atoms with Gasteiger partial charge in [-0.3, -0.25) is 9.59 Å². The van der Waals surface area contributed by atoms with Gasteiger partial charge in [0.2, 0.25) is 10.0 Å². The maximum absolute atomic E-state index is 12.1. The van der Waals surface area contributed by atoms with Crippen LogP contribution in [0.3, 0.4) is 0 Å². The largest absolute Gasteiger partial charge is 0.348 e. The van der Waals surface area contributed by atoms with E-state index in [4.69, 9.17) is 0 Å². The maximum Gasteiger partial charge on any atom is 0.309 e. The van der Waals surface area contributed by atoms with Crippen LogP contribution < -0.4 is 10.6 Å². The van der Waals surface area contributed by atoms with E-state index >= 15 is 0 Å². The number of nitrogens with one attached hydrogen (secondary N) is 2. The van der Waals surface area contributed by atoms with Crippen LogP contribution in [0.25, 0.3) is 0 Å². The molecule has 0 aromatic rings. The molecule has 2 fully saturated rings. The zero-order chi connectivity index (χ0) is 16.3. The van der Waals surface area contributed by atoms with Gasteiger partial charge in [-0.25, -0.2) is 12.7 Å². The summed E-state index contributed by atoms with van der Waals surface area (Å²) >= 11 is 0. The van der Waals surface area contributed by atoms with Crippen molar-refractivity contribution in [3.05, 3.63) is 0 Å². The van der Waals surface area contributed by atoms with Gasteiger partial charge in [0.15, 0.2) is 0 Å². The molecule has 2 rings (SSSR count). The van der Waals surface area contributed by atoms with Crippen LogP contribution in [0.4, 0.5) is 0 Å². The highest BCUT2D eigenvalue weighted by Crippen LogP contribution is 2.32. The summed E-state index contributed by atoms with van der Waals surface area (Å²) in [6.45, 7) is 5.03. The van der Waals surface area contributed by atoms with E-state index in [0.717, 1.165) is 25.7 Å². The molecule has 0 bridgehead atoms. The first-order valence-electron chi connectivity index (χ1n) is 7.88. The van der Waals surface area contributed by atoms with Crippen molar-refractivity contribution in [2.24, 2.45) is 5.92 Å². The summed E-state index contributed by atoms with van der Waals surface area (Å²) in [7, 11) is -3.09. The Morgan fingerprint density at radius 3 is 2.18 bits per heavy atom. The predicted octanol–water partition coefficient (Wildman–Crippen LogP) is -0.169. The lowest BCUT2D eigenvalue weighted by atomic mass is 9.98. The van der Waals surface area contributed by atoms with Crippen molar-refractivity contribution in [1.82, 2.24) is 14.9 Å². The first-order chi connectivity index (χ1) is 10.3. The molecular formula is C14H25N3O4S. The average Bonchev–Trinajstić information content (AvgIpc) is 3.29. The molecule has 7 nitrogen and oxygen atoms in total. The number of hydrogen-bond acceptors (Lipinski definition) is 4. The van der Waals surface area contributed by atoms with E-state index in [2.05, 4.69) is 10.6 Å². The minimum atomic E-state index is -3.09. The maximum atomic E-state index is 12.1. The van der Waals surface area contributed by atoms with E-state index in [1.807, 2.05) is 0 Å². The zero-order valence-electron chi connectivity index (χ0n) is 13.2. The second kappa shape index (κ2) is 6.95. The molecule has 0 aromatic heterocycles. The molecule has 1 saturated carbocycles. The number of nitrogens with zero attached hydrogens (tertiary/aromatic N) is 1. The molecule has 0 radical (unpaired) electrons. The van der Waals surface area contributed by atoms with Crippen molar-refractivity contribution in [3.63, 3.8) is 0 Å². The third kappa shape index (κ3) is 4.42. The lowest BCUT2D eigenvalue weighted by molar-refractivity contribution is -0.139. The number of amides is 2. The van der Waals surface area contributed by atoms with E-state index in [1.54, 1.807) is 18.2 Å². The zero-order valence-corrected chi connectivity index (χ0v) is 14.0. The van der Waals surface area contributed by atoms with Crippen LogP contribution in [0.15, 0.2) is 0 Å². The third-order valence-corrected chi connectivity index (χ3v) is 6.46. The smallest absolute Gasteiger partial charge is 0.309 e. The van der Waals surface area contributed by atoms with Gasteiger partial charge in [-0.2, -0.15) is 0 Å². The fraction of sp³-hybridized carbons (Fsp3) is 0.857. The second-order valence-electron chi connectivity index (χ2n) is 6.42. The Hall–Kier alpha value is -1.15. The molecule has 2 aliphatic rings. The van der Waals surface area contributed by atoms with Gasteiger partial charge in [0.05, 0.1) is 5.25 Å². The Bertz CT molecular complexity index is 520. The lowest BCUT2D eigenvalue weighted by Gasteiger charge is -2.31. The van der Waals surface area contributed by atoms with Crippen molar-refractivity contribution < 1.29 is 18.0 Å². The van der Waals surface area contributed by atoms with Crippen molar-refractivity contribution in [1.29, 1.82) is 0 Å². The second-order valence-corrected chi connectivity index (χ2v) is 8.64. The van der Waals surface area contributed by atoms with Gasteiger partial charge >= 0.3 is 11.8 Å². The fourth-order valence-electron chi connectivity index (χ4n) is 2.59. The molecule has 0 aromatic carbocycles. The number of piperidine rings is 1. The molecule has 0 unspecified atom stereocenters. The molecule has 0 atom stereocenters. The van der Waals surface area contributed by atoms with E-state index < -0.39 is 21.8 Å². The first-order valence-corrected chi connectivity index (χ1v) is 9.38. The van der Waals surface area contributed by atoms with E-state index in [-0.39, 0.29) is 17.2 Å². The Morgan fingerprint density at radius 1 is 1.09 bits per heavy atom. The van der Waals surface area contributed by atoms with E-state index in [1.165, 1.54) is 0 Å². The highest BCUT2D eigenvalue weighted by molar-refractivity contribution is 7.90. The van der Waals surface area contributed by atoms with Gasteiger partial charge in [0, 0.05) is 25.7 Å². The van der Waals surface area contributed by atoms with Crippen molar-refractivity contribution in [3.8, 4) is 0 Å². The molecule has 1 heterocycles. The molecule has 1 aliphatic carbocycles. The van der Waals surface area contributed by atoms with Gasteiger partial charge in [0.25, 0.3) is 0 Å². The third-order valence-electron chi connectivity index (χ3n) is 4.06. The summed E-state index contributed by atoms with van der Waals surface area (Å²) in [5.41, 5.74) is 0. The quantitative estimate of drug-likeness (QED) is 0.684. The molecule has 22 heavy (non-hydrogen) atoms. The highest BCUT2D eigenvalue weighted by Gasteiger charge is 2.41. The standard InChI is InChI=1S/C14H25N3O4S/c1-10(2)16-14(19)13(18)15-9-11-5-7-17(8-6-11)22(20,21)12-3-4-12/h10-12H,3-9H2,1-2H3,(H,15,18)(H,16,19). The molecule has 1 saturated heterocycles. The summed E-state index contributed by atoms with van der Waals surface area (Å²) in [5.74, 6) is -1.02. The molecular weight excluding hydrogens is 306 g/mol. The number of carbonyl (C=O) groups is 2. The Labute approximate surface area is 131 Å². The SMILES string of the molecule is CC(C)NC(=O)C(=O)NCC1CCN(S(=O)(=O)C2CC2)CC1. The van der Waals surface area contributed by atoms with Gasteiger partial charge < -0.3 is 10.6 Å². The summed E-state index contributed by atoms with van der Waals surface area (Å²) in [4.78, 5) is 23.1. The summed E-state index contributed by atoms with van der Waals surface area (Å²) in [6.07, 6.45) is 3.00. The Kier molecular flexibility index (Phi) is 5.44. The predicted molar refractivity (Wildman–Crippen MR) is 82.5 cm³/mol. The van der Waals surface area contributed by atoms with Gasteiger partial charge in [0.1, 0.15) is 0 Å². The molecule has 0 spiro atoms. The number of hydrogen-bond donors (Lipinski definition) is 2. The van der Waals surface area contributed by atoms with Crippen LogP contribution in [0, 0.1) is 5.92 Å². The Morgan fingerprint density at radius 2 is 1.68 bits per heavy atom. The molecule has 2 amide bonds. The van der Waals surface area contributed by atoms with Gasteiger partial charge in [-0.05, 0) is 45.4 Å². The van der Waals surface area contributed by atoms with E-state index in [9.17, 15) is 18.0 Å². The average molecular weight is 331 g/mol. The van der Waals surface area contributed by atoms with Crippen molar-refractivity contribution in [2.75, 3.05) is 19.6 Å². The van der Waals surface area contributed by atoms with E-state index in [0.29, 0.717) is 19.6 Å². The topological polar surface area (TPSA) is 95.6 Å². The minimum absolute atomic E-state index is 0.0749. The number of sulfonamides is 1. The lowest BCUT2D eigenvalue weighted by Crippen LogP contribution is -2.46. The molecule has 2 N–H and O–H groups in total. The fourth-order valence-corrected chi connectivity index (χ4v) is 4.46. The molecule has 1 aliphatic heterocycles. The monoisotopic (exact) mass is 331 g/mol. The minimum Gasteiger partial charge on any atom is -0.348 e. The number of rotatable bonds is 5. The van der Waals surface area contributed by atoms with Crippen LogP contribution in [-0.4, -0.2) is 55.5 Å². The summed E-state index contributed by atoms with van der Waals surface area (Å²) in [5, 5.41) is 5.00. The molecule has 126 valence electrons. The normalized spacial score (nSPS) is 20.9. The van der Waals surface area contributed by atoms with Crippen molar-refractivity contribution >= 4 is 21.8 Å². The first kappa shape index (κ1) is 17.2. The van der Waals surface area contributed by atoms with Crippen LogP contribution >= 0.6 is 0 Å². The van der Waals surface area contributed by atoms with Gasteiger partial charge in [-0.1, -0.05) is 0 Å². The van der Waals surface area contributed by atoms with Crippen LogP contribution in [0.2, 0.25) is 0 Å². The van der Waals surface area contributed by atoms with Crippen molar-refractivity contribution in [2.45, 2.75) is 50.8 Å². The van der Waals surface area contributed by atoms with Crippen LogP contribution in [0.1, 0.15) is 39.5 Å².